The molecule has 3 aliphatic heterocycles. The van der Waals surface area contributed by atoms with Crippen LogP contribution in [0.5, 0.6) is 0 Å². The minimum Gasteiger partial charge on any atom is -0.456 e. The van der Waals surface area contributed by atoms with Gasteiger partial charge in [0, 0.05) is 356 Å². The topological polar surface area (TPSA) is 323 Å². The Morgan fingerprint density at radius 2 is 0.815 bits per heavy atom. The summed E-state index contributed by atoms with van der Waals surface area (Å²) in [6.45, 7) is 15.1. The Kier molecular flexibility index (Phi) is 75.9. The van der Waals surface area contributed by atoms with Gasteiger partial charge in [0.05, 0.1) is 30.5 Å². The normalized spacial score (nSPS) is 20.0. The lowest BCUT2D eigenvalue weighted by Crippen LogP contribution is -2.64. The number of rotatable bonds is 32. The van der Waals surface area contributed by atoms with Crippen molar-refractivity contribution in [3.63, 3.8) is 0 Å². The second kappa shape index (κ2) is 87.9. The summed E-state index contributed by atoms with van der Waals surface area (Å²) < 4.78 is 30.2. The van der Waals surface area contributed by atoms with Crippen LogP contribution in [0.2, 0.25) is 0 Å². The molecular formula is C120H204N2O24. The van der Waals surface area contributed by atoms with Crippen LogP contribution in [0.3, 0.4) is 0 Å². The summed E-state index contributed by atoms with van der Waals surface area (Å²) in [4.78, 5) is 66.4. The van der Waals surface area contributed by atoms with Crippen LogP contribution in [-0.2, 0) is 93.1 Å². The minimum atomic E-state index is -2.51. The fourth-order valence-electron chi connectivity index (χ4n) is 14.0. The number of piperidine rings is 1. The van der Waals surface area contributed by atoms with Crippen LogP contribution in [0.15, 0.2) is 35.5 Å². The fourth-order valence-corrected chi connectivity index (χ4v) is 14.0. The summed E-state index contributed by atoms with van der Waals surface area (Å²) in [6.07, 6.45) is 27.1. The third-order valence-electron chi connectivity index (χ3n) is 20.7. The Bertz CT molecular complexity index is 6400. The standard InChI is InChI=1S/C60H101NO12.C60H6.H3NO12.47H2/c1-10-11-12-13-14-15-16-17-18-19-20-21-22-23-24-25-26-29-47-35-41(2)34-42(3)36-53(70-8)56-54(71-9)38-44(5)60(68,73-56)57(65)58(66)61-33-28-27-30-48(61)59(67)72-55(45(6)50(63)40-51(47)64)43(4)37-46-31-32-49(62)52(39-46)69-7;1-3-5-7-9-11-13-15-17-19-21-23-25-27-29-31-33-35-37-39-41-43-45-47-49-51-53-55-57-59-60-58-56-54-52-50-48-46-44-42-40-38-36-34-32-30-28-26-24-22-20-18-16-14-12-10-8-6-4-2;2-6-10-12-8-4-1-5-9-13-11-7-3;;;;;;;;;;;;;;;;;;;;;;;;;;;;;;;;;;;;;;;;;;;;;;;/h25-26,35,37,42,44-50,52-56,62-63,68H,10-24,27-34,36,38-40H2,1-9H3;1-2H3;1-3H;47*1H/b26-25+,41-35+,43-37+;;;;;;;;;;;;;;;;;;;;;;;;;;;;;;;;;;;;;;;;;;;;;;;;;/t42-,44+,45+,46-,47+,48-,49+,50-,52+,53-,54-,55+,56+,60+;;;;;;;;;;;;;;;;;;;;;;;;;;;;;;;;;;;;;;;;;;;;;;;;;/m0................................................./s1. The van der Waals surface area contributed by atoms with E-state index in [1.165, 1.54) is 94.0 Å². The highest BCUT2D eigenvalue weighted by molar-refractivity contribution is 6.39. The third kappa shape index (κ3) is 63.0. The van der Waals surface area contributed by atoms with Gasteiger partial charge in [0.25, 0.3) is 11.7 Å². The summed E-state index contributed by atoms with van der Waals surface area (Å²) in [5.41, 5.74) is 3.05. The van der Waals surface area contributed by atoms with E-state index in [0.29, 0.717) is 56.9 Å². The van der Waals surface area contributed by atoms with E-state index in [-0.39, 0.29) is 117 Å². The van der Waals surface area contributed by atoms with Gasteiger partial charge in [-0.3, -0.25) is 14.4 Å². The molecule has 838 valence electrons. The second-order valence-corrected chi connectivity index (χ2v) is 31.1. The first-order valence-corrected chi connectivity index (χ1v) is 46.3. The molecular weight excluding hydrogens is 1850 g/mol. The molecule has 14 atom stereocenters. The van der Waals surface area contributed by atoms with Gasteiger partial charge in [0.1, 0.15) is 24.0 Å². The molecule has 0 aromatic carbocycles. The van der Waals surface area contributed by atoms with E-state index in [1.54, 1.807) is 49.0 Å². The van der Waals surface area contributed by atoms with E-state index in [1.807, 2.05) is 26.0 Å². The smallest absolute Gasteiger partial charge is 0.329 e. The van der Waals surface area contributed by atoms with Gasteiger partial charge in [-0.1, -0.05) is 163 Å². The summed E-state index contributed by atoms with van der Waals surface area (Å²) >= 11 is 0. The Balaban J connectivity index is -0.0000000382. The van der Waals surface area contributed by atoms with Crippen LogP contribution in [0.25, 0.3) is 0 Å². The Labute approximate surface area is 931 Å². The lowest BCUT2D eigenvalue weighted by atomic mass is 9.81. The molecule has 1 aliphatic carbocycles. The maximum atomic E-state index is 14.6. The molecule has 0 aromatic rings. The Hall–Kier alpha value is -16.1. The molecule has 4 rings (SSSR count). The van der Waals surface area contributed by atoms with Crippen LogP contribution in [0.4, 0.5) is 0 Å². The van der Waals surface area contributed by atoms with Crippen molar-refractivity contribution in [1.82, 2.24) is 10.5 Å². The molecule has 1 amide bonds. The molecule has 2 bridgehead atoms. The number of cyclic esters (lactones) is 1. The summed E-state index contributed by atoms with van der Waals surface area (Å²) in [5.74, 6) is 138. The first-order chi connectivity index (χ1) is 71.3. The molecule has 0 aromatic heterocycles. The van der Waals surface area contributed by atoms with Crippen molar-refractivity contribution in [2.24, 2.45) is 29.6 Å². The van der Waals surface area contributed by atoms with E-state index in [4.69, 9.17) is 34.2 Å². The van der Waals surface area contributed by atoms with Gasteiger partial charge in [0.15, 0.2) is 0 Å². The summed E-state index contributed by atoms with van der Waals surface area (Å²) in [5, 5.41) is 75.7. The third-order valence-corrected chi connectivity index (χ3v) is 20.7. The number of carbonyl (C=O) groups excluding carboxylic acids is 4. The first-order valence-electron chi connectivity index (χ1n) is 46.3. The van der Waals surface area contributed by atoms with Crippen LogP contribution < -0.4 is 5.64 Å². The number of ketones is 2. The number of fused-ring (bicyclic) bond motifs is 3. The fraction of sp³-hybridized carbons (Fsp3) is 0.433. The van der Waals surface area contributed by atoms with Gasteiger partial charge in [0.2, 0.25) is 5.79 Å². The average Bonchev–Trinajstić information content (AvgIpc) is 0.863. The zero-order valence-electron chi connectivity index (χ0n) is 83.3. The highest BCUT2D eigenvalue weighted by Crippen LogP contribution is 2.40. The van der Waals surface area contributed by atoms with Gasteiger partial charge >= 0.3 is 5.97 Å². The van der Waals surface area contributed by atoms with Crippen LogP contribution >= 0.6 is 0 Å². The number of esters is 1. The first kappa shape index (κ1) is 126. The second-order valence-electron chi connectivity index (χ2n) is 31.1. The number of ether oxygens (including phenoxy) is 5. The molecule has 0 radical (unpaired) electrons. The Morgan fingerprint density at radius 3 is 1.18 bits per heavy atom. The van der Waals surface area contributed by atoms with Gasteiger partial charge in [-0.2, -0.15) is 0 Å². The molecule has 0 spiro atoms. The van der Waals surface area contributed by atoms with E-state index in [0.717, 1.165) is 18.4 Å². The van der Waals surface area contributed by atoms with Gasteiger partial charge in [-0.05, 0) is 263 Å². The maximum Gasteiger partial charge on any atom is 0.329 e. The summed E-state index contributed by atoms with van der Waals surface area (Å²) in [6, 6.07) is -1.14. The van der Waals surface area contributed by atoms with Crippen LogP contribution in [0, 0.1) is 373 Å². The number of hydrogen-bond acceptors (Lipinski definition) is 25. The van der Waals surface area contributed by atoms with E-state index >= 15 is 0 Å². The number of hydrogen-bond donors (Lipinski definition) is 6. The SMILES string of the molecule is CC#CC#CC#CC#CC#CC#CC#CC#CC#CC#CC#CC#CC#CC#CC#CC#CC#CC#CC#CC#CC#CC#CC#CC#CC#CC#CC#CC#CC#CC.CCCCCCCCCCCCCCCC/C=C/C[C@@H]1/C=C(\C)C[C@H](C)C[C@H](OC)[C@H]2O[C@@](O)(C(=O)C(=O)N3CCCC[C@H]3C(=O)O[C@H](/C(C)=C/[C@@H]3CC[C@@H](O)[C@H](OC)C3)[C@H](C)[C@@H](O)CC1=O)[C@H](C)C[C@@H]2OC.OOOOOONOOOOOO.[HH].[HH].[HH].[HH].[HH].[HH].[HH].[HH].[HH].[HH].[HH].[HH].[HH].[HH].[HH].[HH].[HH].[HH].[HH].[HH].[HH].[HH].[HH].[HH].[HH].[HH].[HH].[HH].[HH].[HH].[HH].[HH].[HH].[HH].[HH].[HH].[HH].[HH].[HH].[HH].[HH].[HH].[HH].[HH].[HH].[HH].[HH]. The lowest BCUT2D eigenvalue weighted by molar-refractivity contribution is -0.792. The number of Topliss-reactive ketones (excluding diaryl/α,β-unsaturated/α-hetero) is 2. The number of methoxy groups -OCH3 is 3. The van der Waals surface area contributed by atoms with E-state index in [2.05, 4.69) is 420 Å². The quantitative estimate of drug-likeness (QED) is 0.00693. The molecule has 26 nitrogen and oxygen atoms in total. The Morgan fingerprint density at radius 1 is 0.452 bits per heavy atom. The van der Waals surface area contributed by atoms with Crippen molar-refractivity contribution in [3.05, 3.63) is 35.5 Å². The molecule has 1 saturated carbocycles. The highest BCUT2D eigenvalue weighted by Gasteiger charge is 2.57. The number of allylic oxidation sites excluding steroid dienone is 5. The largest absolute Gasteiger partial charge is 0.456 e. The number of unbranched alkanes of at least 4 members (excludes halogenated alkanes) is 14. The van der Waals surface area contributed by atoms with Crippen molar-refractivity contribution in [1.29, 1.82) is 0 Å². The number of amides is 1. The number of carbonyl (C=O) groups is 4. The lowest BCUT2D eigenvalue weighted by Gasteiger charge is -2.47. The number of aliphatic hydroxyl groups excluding tert-OH is 2. The monoisotopic (exact) mass is 2060 g/mol. The molecule has 3 heterocycles. The average molecular weight is 2060 g/mol. The van der Waals surface area contributed by atoms with E-state index in [9.17, 15) is 34.5 Å². The predicted molar refractivity (Wildman–Crippen MR) is 642 cm³/mol. The zero-order chi connectivity index (χ0) is 106. The molecule has 26 heteroatoms. The molecule has 146 heavy (non-hydrogen) atoms. The highest BCUT2D eigenvalue weighted by atomic mass is 17.9. The molecule has 2 saturated heterocycles. The number of nitrogens with zero attached hydrogens (tertiary/aromatic N) is 1. The van der Waals surface area contributed by atoms with E-state index < -0.39 is 83.9 Å². The van der Waals surface area contributed by atoms with Crippen molar-refractivity contribution in [3.8, 4) is 343 Å². The van der Waals surface area contributed by atoms with Crippen LogP contribution in [-0.4, -0.2) is 137 Å². The number of nitrogens with one attached hydrogen (secondary N) is 1. The van der Waals surface area contributed by atoms with Gasteiger partial charge in [-0.25, -0.2) is 15.3 Å². The van der Waals surface area contributed by atoms with Crippen LogP contribution in [0.1, 0.15) is 289 Å². The molecule has 6 N–H and O–H groups in total. The van der Waals surface area contributed by atoms with Crippen molar-refractivity contribution >= 4 is 23.4 Å². The van der Waals surface area contributed by atoms with Crippen molar-refractivity contribution < 1.29 is 186 Å². The predicted octanol–water partition coefficient (Wildman–Crippen LogP) is 22.4. The zero-order valence-corrected chi connectivity index (χ0v) is 83.3. The van der Waals surface area contributed by atoms with Gasteiger partial charge in [-0.15, -0.1) is 0 Å². The minimum absolute atomic E-state index is 0. The number of aliphatic hydroxyl groups is 3. The molecule has 4 aliphatic rings. The summed E-state index contributed by atoms with van der Waals surface area (Å²) in [7, 11) is 4.68. The van der Waals surface area contributed by atoms with Crippen molar-refractivity contribution in [2.45, 2.75) is 277 Å². The van der Waals surface area contributed by atoms with Crippen molar-refractivity contribution in [2.75, 3.05) is 27.9 Å². The van der Waals surface area contributed by atoms with Gasteiger partial charge < -0.3 is 43.9 Å². The molecule has 3 fully saturated rings. The maximum absolute atomic E-state index is 14.6. The molecule has 0 unspecified atom stereocenters.